The highest BCUT2D eigenvalue weighted by molar-refractivity contribution is 5.82. The Kier molecular flexibility index (Phi) is 4.46. The number of carbonyl (C=O) groups excluding carboxylic acids is 1. The van der Waals surface area contributed by atoms with Crippen LogP contribution in [-0.4, -0.2) is 11.0 Å². The van der Waals surface area contributed by atoms with Gasteiger partial charge in [0.1, 0.15) is 17.2 Å². The zero-order valence-electron chi connectivity index (χ0n) is 13.5. The van der Waals surface area contributed by atoms with Crippen LogP contribution in [0.5, 0.6) is 0 Å². The lowest BCUT2D eigenvalue weighted by atomic mass is 10.1. The Hall–Kier alpha value is -2.89. The van der Waals surface area contributed by atoms with Crippen LogP contribution in [0.1, 0.15) is 29.9 Å². The minimum Gasteiger partial charge on any atom is -0.459 e. The number of aromatic nitrogens is 1. The molecule has 5 nitrogen and oxygen atoms in total. The second kappa shape index (κ2) is 6.70. The fourth-order valence-corrected chi connectivity index (χ4v) is 2.62. The molecule has 0 spiro atoms. The third kappa shape index (κ3) is 3.37. The minimum atomic E-state index is -0.339. The topological polar surface area (TPSA) is 67.2 Å². The average molecular weight is 327 g/mol. The molecule has 3 rings (SSSR count). The van der Waals surface area contributed by atoms with Crippen molar-refractivity contribution in [3.05, 3.63) is 65.4 Å². The fourth-order valence-electron chi connectivity index (χ4n) is 2.62. The van der Waals surface area contributed by atoms with Gasteiger partial charge in [0, 0.05) is 29.9 Å². The third-order valence-electron chi connectivity index (χ3n) is 3.85. The number of hydrogen-bond acceptors (Lipinski definition) is 3. The molecule has 2 N–H and O–H groups in total. The van der Waals surface area contributed by atoms with Crippen molar-refractivity contribution in [1.82, 2.24) is 15.6 Å². The maximum atomic E-state index is 13.4. The first-order valence-electron chi connectivity index (χ1n) is 7.66. The molecule has 3 aromatic rings. The van der Waals surface area contributed by atoms with Gasteiger partial charge in [-0.1, -0.05) is 6.07 Å². The van der Waals surface area contributed by atoms with Crippen LogP contribution in [0.15, 0.2) is 47.1 Å². The summed E-state index contributed by atoms with van der Waals surface area (Å²) in [6.45, 7) is 4.06. The number of urea groups is 1. The van der Waals surface area contributed by atoms with Crippen LogP contribution in [-0.2, 0) is 6.54 Å². The predicted molar refractivity (Wildman–Crippen MR) is 88.9 cm³/mol. The van der Waals surface area contributed by atoms with E-state index in [1.54, 1.807) is 18.5 Å². The Balaban J connectivity index is 1.67. The zero-order chi connectivity index (χ0) is 17.1. The van der Waals surface area contributed by atoms with Gasteiger partial charge in [0.15, 0.2) is 0 Å². The second-order valence-corrected chi connectivity index (χ2v) is 5.64. The molecule has 0 unspecified atom stereocenters. The van der Waals surface area contributed by atoms with Crippen LogP contribution in [0.4, 0.5) is 9.18 Å². The average Bonchev–Trinajstić information content (AvgIpc) is 2.90. The molecule has 2 aromatic heterocycles. The molecule has 0 radical (unpaired) electrons. The number of aryl methyl sites for hydroxylation is 1. The first-order chi connectivity index (χ1) is 11.5. The molecular weight excluding hydrogens is 309 g/mol. The van der Waals surface area contributed by atoms with Gasteiger partial charge in [0.05, 0.1) is 6.04 Å². The summed E-state index contributed by atoms with van der Waals surface area (Å²) in [5, 5.41) is 6.31. The van der Waals surface area contributed by atoms with E-state index in [1.165, 1.54) is 12.1 Å². The van der Waals surface area contributed by atoms with Crippen molar-refractivity contribution < 1.29 is 13.6 Å². The minimum absolute atomic E-state index is 0.308. The van der Waals surface area contributed by atoms with Gasteiger partial charge in [-0.05, 0) is 43.7 Å². The SMILES string of the molecule is Cc1c([C@H](C)NC(=O)NCc2cccnc2)oc2ccc(F)cc12. The number of amides is 2. The molecule has 2 heterocycles. The summed E-state index contributed by atoms with van der Waals surface area (Å²) in [4.78, 5) is 16.0. The van der Waals surface area contributed by atoms with Crippen LogP contribution >= 0.6 is 0 Å². The summed E-state index contributed by atoms with van der Waals surface area (Å²) in [7, 11) is 0. The molecule has 0 aliphatic heterocycles. The van der Waals surface area contributed by atoms with E-state index in [4.69, 9.17) is 4.42 Å². The van der Waals surface area contributed by atoms with E-state index in [2.05, 4.69) is 15.6 Å². The van der Waals surface area contributed by atoms with Crippen molar-refractivity contribution >= 4 is 17.0 Å². The van der Waals surface area contributed by atoms with Crippen LogP contribution in [0.25, 0.3) is 11.0 Å². The summed E-state index contributed by atoms with van der Waals surface area (Å²) in [5.41, 5.74) is 2.34. The van der Waals surface area contributed by atoms with Crippen molar-refractivity contribution in [2.75, 3.05) is 0 Å². The van der Waals surface area contributed by atoms with Crippen molar-refractivity contribution in [3.63, 3.8) is 0 Å². The third-order valence-corrected chi connectivity index (χ3v) is 3.85. The van der Waals surface area contributed by atoms with Crippen LogP contribution in [0.2, 0.25) is 0 Å². The summed E-state index contributed by atoms with van der Waals surface area (Å²) >= 11 is 0. The highest BCUT2D eigenvalue weighted by atomic mass is 19.1. The monoisotopic (exact) mass is 327 g/mol. The van der Waals surface area contributed by atoms with E-state index in [1.807, 2.05) is 26.0 Å². The van der Waals surface area contributed by atoms with Gasteiger partial charge in [-0.25, -0.2) is 9.18 Å². The lowest BCUT2D eigenvalue weighted by molar-refractivity contribution is 0.236. The number of carbonyl (C=O) groups is 1. The smallest absolute Gasteiger partial charge is 0.315 e. The van der Waals surface area contributed by atoms with Crippen LogP contribution in [0, 0.1) is 12.7 Å². The van der Waals surface area contributed by atoms with Crippen molar-refractivity contribution in [2.45, 2.75) is 26.4 Å². The molecule has 6 heteroatoms. The molecule has 0 bridgehead atoms. The highest BCUT2D eigenvalue weighted by Crippen LogP contribution is 2.29. The standard InChI is InChI=1S/C18H18FN3O2/c1-11-15-8-14(19)5-6-16(15)24-17(11)12(2)22-18(23)21-10-13-4-3-7-20-9-13/h3-9,12H,10H2,1-2H3,(H2,21,22,23)/t12-/m0/s1. The molecule has 24 heavy (non-hydrogen) atoms. The van der Waals surface area contributed by atoms with Crippen molar-refractivity contribution in [2.24, 2.45) is 0 Å². The van der Waals surface area contributed by atoms with E-state index in [9.17, 15) is 9.18 Å². The molecule has 1 aromatic carbocycles. The Labute approximate surface area is 138 Å². The van der Waals surface area contributed by atoms with Gasteiger partial charge in [0.25, 0.3) is 0 Å². The number of furan rings is 1. The molecule has 0 aliphatic rings. The summed E-state index contributed by atoms with van der Waals surface area (Å²) < 4.78 is 19.1. The van der Waals surface area contributed by atoms with E-state index < -0.39 is 0 Å². The lowest BCUT2D eigenvalue weighted by Crippen LogP contribution is -2.36. The fraction of sp³-hybridized carbons (Fsp3) is 0.222. The number of benzene rings is 1. The van der Waals surface area contributed by atoms with Gasteiger partial charge < -0.3 is 15.1 Å². The van der Waals surface area contributed by atoms with E-state index in [0.29, 0.717) is 17.9 Å². The number of hydrogen-bond donors (Lipinski definition) is 2. The number of pyridine rings is 1. The molecule has 124 valence electrons. The molecule has 0 aliphatic carbocycles. The molecular formula is C18H18FN3O2. The normalized spacial score (nSPS) is 12.1. The Morgan fingerprint density at radius 1 is 1.38 bits per heavy atom. The summed E-state index contributed by atoms with van der Waals surface area (Å²) in [5.74, 6) is 0.305. The number of nitrogens with zero attached hydrogens (tertiary/aromatic N) is 1. The molecule has 0 saturated heterocycles. The van der Waals surface area contributed by atoms with Gasteiger partial charge in [-0.3, -0.25) is 4.98 Å². The van der Waals surface area contributed by atoms with Gasteiger partial charge in [-0.15, -0.1) is 0 Å². The lowest BCUT2D eigenvalue weighted by Gasteiger charge is -2.13. The van der Waals surface area contributed by atoms with Crippen molar-refractivity contribution in [1.29, 1.82) is 0 Å². The molecule has 1 atom stereocenters. The predicted octanol–water partition coefficient (Wildman–Crippen LogP) is 3.84. The number of fused-ring (bicyclic) bond motifs is 1. The van der Waals surface area contributed by atoms with Gasteiger partial charge in [0.2, 0.25) is 0 Å². The number of rotatable bonds is 4. The second-order valence-electron chi connectivity index (χ2n) is 5.64. The Bertz CT molecular complexity index is 861. The maximum absolute atomic E-state index is 13.4. The number of nitrogens with one attached hydrogen (secondary N) is 2. The largest absolute Gasteiger partial charge is 0.459 e. The Morgan fingerprint density at radius 3 is 2.96 bits per heavy atom. The Morgan fingerprint density at radius 2 is 2.21 bits per heavy atom. The van der Waals surface area contributed by atoms with E-state index in [-0.39, 0.29) is 17.9 Å². The van der Waals surface area contributed by atoms with E-state index >= 15 is 0 Å². The maximum Gasteiger partial charge on any atom is 0.315 e. The van der Waals surface area contributed by atoms with Gasteiger partial charge in [-0.2, -0.15) is 0 Å². The first-order valence-corrected chi connectivity index (χ1v) is 7.66. The zero-order valence-corrected chi connectivity index (χ0v) is 13.5. The van der Waals surface area contributed by atoms with Crippen LogP contribution in [0.3, 0.4) is 0 Å². The quantitative estimate of drug-likeness (QED) is 0.765. The summed E-state index contributed by atoms with van der Waals surface area (Å²) in [6.07, 6.45) is 3.38. The van der Waals surface area contributed by atoms with Crippen molar-refractivity contribution in [3.8, 4) is 0 Å². The molecule has 0 saturated carbocycles. The van der Waals surface area contributed by atoms with E-state index in [0.717, 1.165) is 16.5 Å². The number of halogens is 1. The highest BCUT2D eigenvalue weighted by Gasteiger charge is 2.18. The first kappa shape index (κ1) is 16.0. The molecule has 2 amide bonds. The summed E-state index contributed by atoms with van der Waals surface area (Å²) in [6, 6.07) is 7.44. The van der Waals surface area contributed by atoms with Gasteiger partial charge >= 0.3 is 6.03 Å². The van der Waals surface area contributed by atoms with Crippen LogP contribution < -0.4 is 10.6 Å². The molecule has 0 fully saturated rings.